The number of methoxy groups -OCH3 is 1. The largest absolute Gasteiger partial charge is 0.495 e. The van der Waals surface area contributed by atoms with Crippen molar-refractivity contribution in [1.82, 2.24) is 0 Å². The Morgan fingerprint density at radius 2 is 2.07 bits per heavy atom. The first-order chi connectivity index (χ1) is 7.22. The minimum atomic E-state index is 0.572. The normalized spacial score (nSPS) is 10.1. The molecule has 0 heterocycles. The van der Waals surface area contributed by atoms with Crippen LogP contribution in [0.4, 0.5) is 0 Å². The van der Waals surface area contributed by atoms with E-state index in [2.05, 4.69) is 0 Å². The fourth-order valence-corrected chi connectivity index (χ4v) is 1.64. The Bertz CT molecular complexity index is 329. The molecular weight excluding hydrogens is 214 g/mol. The van der Waals surface area contributed by atoms with Crippen molar-refractivity contribution in [3.63, 3.8) is 0 Å². The van der Waals surface area contributed by atoms with E-state index >= 15 is 0 Å². The van der Waals surface area contributed by atoms with Gasteiger partial charge in [0, 0.05) is 6.07 Å². The maximum atomic E-state index is 6.02. The molecule has 0 aliphatic rings. The summed E-state index contributed by atoms with van der Waals surface area (Å²) in [5.41, 5.74) is 6.53. The summed E-state index contributed by atoms with van der Waals surface area (Å²) in [6.45, 7) is 3.12. The van der Waals surface area contributed by atoms with Crippen molar-refractivity contribution in [3.8, 4) is 11.5 Å². The van der Waals surface area contributed by atoms with Crippen molar-refractivity contribution in [2.45, 2.75) is 13.3 Å². The molecule has 0 fully saturated rings. The second-order valence-electron chi connectivity index (χ2n) is 3.07. The fourth-order valence-electron chi connectivity index (χ4n) is 1.37. The van der Waals surface area contributed by atoms with Gasteiger partial charge >= 0.3 is 0 Å². The quantitative estimate of drug-likeness (QED) is 0.842. The monoisotopic (exact) mass is 229 g/mol. The third-order valence-corrected chi connectivity index (χ3v) is 2.34. The molecule has 1 aromatic rings. The van der Waals surface area contributed by atoms with Crippen molar-refractivity contribution in [2.24, 2.45) is 5.73 Å². The lowest BCUT2D eigenvalue weighted by atomic mass is 10.1. The zero-order valence-corrected chi connectivity index (χ0v) is 9.80. The molecule has 0 aromatic heterocycles. The Morgan fingerprint density at radius 1 is 1.33 bits per heavy atom. The maximum absolute atomic E-state index is 6.02. The molecule has 0 unspecified atom stereocenters. The van der Waals surface area contributed by atoms with Gasteiger partial charge < -0.3 is 15.2 Å². The van der Waals surface area contributed by atoms with E-state index in [9.17, 15) is 0 Å². The van der Waals surface area contributed by atoms with Gasteiger partial charge in [0.05, 0.1) is 18.7 Å². The highest BCUT2D eigenvalue weighted by Gasteiger charge is 2.09. The van der Waals surface area contributed by atoms with E-state index in [1.807, 2.05) is 13.0 Å². The number of hydrogen-bond acceptors (Lipinski definition) is 3. The average Bonchev–Trinajstić information content (AvgIpc) is 2.22. The summed E-state index contributed by atoms with van der Waals surface area (Å²) in [6.07, 6.45) is 0.749. The summed E-state index contributed by atoms with van der Waals surface area (Å²) in [5, 5.41) is 0.587. The molecule has 0 aliphatic heterocycles. The molecule has 84 valence electrons. The third-order valence-electron chi connectivity index (χ3n) is 2.05. The molecule has 0 atom stereocenters. The van der Waals surface area contributed by atoms with Crippen LogP contribution in [0.2, 0.25) is 5.02 Å². The number of ether oxygens (including phenoxy) is 2. The number of halogens is 1. The Labute approximate surface area is 95.1 Å². The number of nitrogens with two attached hydrogens (primary N) is 1. The van der Waals surface area contributed by atoms with Crippen LogP contribution in [-0.2, 0) is 6.42 Å². The van der Waals surface area contributed by atoms with Crippen LogP contribution in [0, 0.1) is 0 Å². The van der Waals surface area contributed by atoms with Crippen LogP contribution in [0.25, 0.3) is 0 Å². The summed E-state index contributed by atoms with van der Waals surface area (Å²) in [7, 11) is 1.58. The lowest BCUT2D eigenvalue weighted by Gasteiger charge is -2.12. The minimum absolute atomic E-state index is 0.572. The number of benzene rings is 1. The van der Waals surface area contributed by atoms with Crippen LogP contribution < -0.4 is 15.2 Å². The first-order valence-electron chi connectivity index (χ1n) is 4.92. The van der Waals surface area contributed by atoms with Gasteiger partial charge in [-0.25, -0.2) is 0 Å². The molecular formula is C11H16ClNO2. The topological polar surface area (TPSA) is 44.5 Å². The molecule has 0 saturated carbocycles. The fraction of sp³-hybridized carbons (Fsp3) is 0.455. The van der Waals surface area contributed by atoms with Gasteiger partial charge in [-0.3, -0.25) is 0 Å². The van der Waals surface area contributed by atoms with Crippen molar-refractivity contribution in [2.75, 3.05) is 20.3 Å². The van der Waals surface area contributed by atoms with Crippen LogP contribution in [0.1, 0.15) is 12.5 Å². The molecule has 0 amide bonds. The Hall–Kier alpha value is -0.930. The molecule has 2 N–H and O–H groups in total. The highest BCUT2D eigenvalue weighted by molar-refractivity contribution is 6.32. The predicted octanol–water partition coefficient (Wildman–Crippen LogP) is 2.25. The highest BCUT2D eigenvalue weighted by Crippen LogP contribution is 2.32. The van der Waals surface area contributed by atoms with Gasteiger partial charge in [-0.1, -0.05) is 11.6 Å². The smallest absolute Gasteiger partial charge is 0.141 e. The van der Waals surface area contributed by atoms with Crippen molar-refractivity contribution in [3.05, 3.63) is 22.7 Å². The second kappa shape index (κ2) is 5.83. The van der Waals surface area contributed by atoms with Crippen LogP contribution in [-0.4, -0.2) is 20.3 Å². The number of hydrogen-bond donors (Lipinski definition) is 1. The van der Waals surface area contributed by atoms with Gasteiger partial charge in [0.25, 0.3) is 0 Å². The van der Waals surface area contributed by atoms with Crippen LogP contribution in [0.5, 0.6) is 11.5 Å². The molecule has 0 aliphatic carbocycles. The van der Waals surface area contributed by atoms with Gasteiger partial charge in [-0.05, 0) is 31.5 Å². The Morgan fingerprint density at radius 3 is 2.60 bits per heavy atom. The van der Waals surface area contributed by atoms with Crippen LogP contribution >= 0.6 is 11.6 Å². The molecule has 0 radical (unpaired) electrons. The van der Waals surface area contributed by atoms with Gasteiger partial charge in [-0.15, -0.1) is 0 Å². The lowest BCUT2D eigenvalue weighted by Crippen LogP contribution is -2.05. The summed E-state index contributed by atoms with van der Waals surface area (Å²) in [6, 6.07) is 3.65. The molecule has 0 saturated heterocycles. The second-order valence-corrected chi connectivity index (χ2v) is 3.47. The van der Waals surface area contributed by atoms with E-state index in [-0.39, 0.29) is 0 Å². The average molecular weight is 230 g/mol. The molecule has 1 rings (SSSR count). The summed E-state index contributed by atoms with van der Waals surface area (Å²) in [4.78, 5) is 0. The van der Waals surface area contributed by atoms with Crippen molar-refractivity contribution >= 4 is 11.6 Å². The van der Waals surface area contributed by atoms with E-state index in [1.54, 1.807) is 13.2 Å². The van der Waals surface area contributed by atoms with E-state index in [0.717, 1.165) is 17.7 Å². The lowest BCUT2D eigenvalue weighted by molar-refractivity contribution is 0.332. The molecule has 3 nitrogen and oxygen atoms in total. The Kier molecular flexibility index (Phi) is 4.72. The zero-order chi connectivity index (χ0) is 11.3. The SMILES string of the molecule is CCOc1cc(OC)c(Cl)cc1CCN. The molecule has 1 aromatic carbocycles. The van der Waals surface area contributed by atoms with E-state index in [0.29, 0.717) is 23.9 Å². The first kappa shape index (κ1) is 12.1. The zero-order valence-electron chi connectivity index (χ0n) is 9.05. The minimum Gasteiger partial charge on any atom is -0.495 e. The summed E-state index contributed by atoms with van der Waals surface area (Å²) >= 11 is 6.02. The standard InChI is InChI=1S/C11H16ClNO2/c1-3-15-10-7-11(14-2)9(12)6-8(10)4-5-13/h6-7H,3-5,13H2,1-2H3. The highest BCUT2D eigenvalue weighted by atomic mass is 35.5. The van der Waals surface area contributed by atoms with E-state index < -0.39 is 0 Å². The maximum Gasteiger partial charge on any atom is 0.141 e. The van der Waals surface area contributed by atoms with Crippen molar-refractivity contribution in [1.29, 1.82) is 0 Å². The number of rotatable bonds is 5. The van der Waals surface area contributed by atoms with Crippen LogP contribution in [0.3, 0.4) is 0 Å². The third kappa shape index (κ3) is 3.01. The van der Waals surface area contributed by atoms with Gasteiger partial charge in [-0.2, -0.15) is 0 Å². The van der Waals surface area contributed by atoms with Crippen molar-refractivity contribution < 1.29 is 9.47 Å². The molecule has 0 spiro atoms. The predicted molar refractivity (Wildman–Crippen MR) is 61.9 cm³/mol. The Balaban J connectivity index is 3.07. The first-order valence-corrected chi connectivity index (χ1v) is 5.30. The van der Waals surface area contributed by atoms with Gasteiger partial charge in [0.15, 0.2) is 0 Å². The van der Waals surface area contributed by atoms with Gasteiger partial charge in [0.1, 0.15) is 11.5 Å². The van der Waals surface area contributed by atoms with Gasteiger partial charge in [0.2, 0.25) is 0 Å². The van der Waals surface area contributed by atoms with E-state index in [1.165, 1.54) is 0 Å². The summed E-state index contributed by atoms with van der Waals surface area (Å²) in [5.74, 6) is 1.42. The molecule has 4 heteroatoms. The summed E-state index contributed by atoms with van der Waals surface area (Å²) < 4.78 is 10.6. The van der Waals surface area contributed by atoms with E-state index in [4.69, 9.17) is 26.8 Å². The van der Waals surface area contributed by atoms with Crippen LogP contribution in [0.15, 0.2) is 12.1 Å². The molecule has 0 bridgehead atoms. The molecule has 15 heavy (non-hydrogen) atoms.